The minimum absolute atomic E-state index is 0. The maximum Gasteiger partial charge on any atom is -1.00 e. The van der Waals surface area contributed by atoms with Crippen LogP contribution in [0.15, 0.2) is 115 Å². The SMILES string of the molecule is Cc1ccccc1C(=O)[NH][Hf+2]([CH]1C=Cc2ccccc21)[SiH](c1ccccc1)c1ccccc1.[Cl-].[Cl-]. The van der Waals surface area contributed by atoms with Crippen molar-refractivity contribution >= 4 is 28.3 Å². The molecule has 175 valence electrons. The van der Waals surface area contributed by atoms with Gasteiger partial charge < -0.3 is 24.8 Å². The Balaban J connectivity index is 0.00000171. The number of benzene rings is 4. The van der Waals surface area contributed by atoms with Crippen molar-refractivity contribution in [2.45, 2.75) is 10.6 Å². The van der Waals surface area contributed by atoms with E-state index in [0.29, 0.717) is 3.67 Å². The maximum atomic E-state index is 13.7. The molecule has 4 aromatic rings. The summed E-state index contributed by atoms with van der Waals surface area (Å²) in [5.41, 5.74) is 4.50. The summed E-state index contributed by atoms with van der Waals surface area (Å²) >= 11 is -2.89. The first-order valence-corrected chi connectivity index (χ1v) is 23.2. The van der Waals surface area contributed by atoms with Gasteiger partial charge in [-0.25, -0.2) is 0 Å². The molecule has 1 amide bonds. The summed E-state index contributed by atoms with van der Waals surface area (Å²) < 4.78 is 4.08. The Hall–Kier alpha value is -2.24. The Morgan fingerprint density at radius 2 is 1.29 bits per heavy atom. The molecule has 0 spiro atoms. The average molecular weight is 682 g/mol. The molecule has 0 saturated heterocycles. The van der Waals surface area contributed by atoms with Crippen LogP contribution in [0, 0.1) is 6.92 Å². The smallest absolute Gasteiger partial charge is 1.00 e. The van der Waals surface area contributed by atoms with Crippen molar-refractivity contribution in [3.8, 4) is 0 Å². The molecule has 1 unspecified atom stereocenters. The minimum atomic E-state index is -2.89. The van der Waals surface area contributed by atoms with Crippen molar-refractivity contribution in [3.63, 3.8) is 0 Å². The fourth-order valence-corrected chi connectivity index (χ4v) is 33.5. The third kappa shape index (κ3) is 5.95. The van der Waals surface area contributed by atoms with E-state index in [-0.39, 0.29) is 30.7 Å². The standard InChI is InChI=1S/C12H11Si.C9H7.C8H9NO.2ClH.Hf/c1-3-7-11(8-4-1)13-12-9-5-2-6-10-12;1-2-5-9-7-3-6-8(9)4-1;1-6-4-2-3-5-7(6)8(9)10;;;/h1-10,13H;1-7H;2-5H,1H3,(H2,9,10);2*1H;/q;;;;;+3/p-3. The van der Waals surface area contributed by atoms with Crippen LogP contribution in [0.5, 0.6) is 0 Å². The van der Waals surface area contributed by atoms with Gasteiger partial charge in [-0.2, -0.15) is 0 Å². The first kappa shape index (κ1) is 27.3. The van der Waals surface area contributed by atoms with Gasteiger partial charge in [0.1, 0.15) is 0 Å². The van der Waals surface area contributed by atoms with Gasteiger partial charge in [-0.05, 0) is 0 Å². The van der Waals surface area contributed by atoms with Crippen LogP contribution in [0.25, 0.3) is 6.08 Å². The van der Waals surface area contributed by atoms with Crippen LogP contribution in [0.2, 0.25) is 0 Å². The Bertz CT molecular complexity index is 1260. The summed E-state index contributed by atoms with van der Waals surface area (Å²) in [6, 6.07) is 38.5. The van der Waals surface area contributed by atoms with Gasteiger partial charge in [0.05, 0.1) is 0 Å². The minimum Gasteiger partial charge on any atom is -1.00 e. The van der Waals surface area contributed by atoms with E-state index >= 15 is 0 Å². The number of hydrogen-bond acceptors (Lipinski definition) is 1. The first-order valence-electron chi connectivity index (χ1n) is 11.3. The zero-order valence-electron chi connectivity index (χ0n) is 19.4. The molecule has 5 rings (SSSR count). The quantitative estimate of drug-likeness (QED) is 0.249. The number of carbonyl (C=O) groups excluding carboxylic acids is 1. The van der Waals surface area contributed by atoms with Crippen LogP contribution < -0.4 is 38.5 Å². The Morgan fingerprint density at radius 3 is 1.91 bits per heavy atom. The van der Waals surface area contributed by atoms with Gasteiger partial charge in [-0.1, -0.05) is 0 Å². The first-order chi connectivity index (χ1) is 16.2. The third-order valence-corrected chi connectivity index (χ3v) is 33.2. The number of allylic oxidation sites excluding steroid dienone is 1. The average Bonchev–Trinajstić information content (AvgIpc) is 3.29. The van der Waals surface area contributed by atoms with Crippen molar-refractivity contribution in [3.05, 3.63) is 138 Å². The van der Waals surface area contributed by atoms with Gasteiger partial charge in [-0.15, -0.1) is 0 Å². The van der Waals surface area contributed by atoms with Crippen molar-refractivity contribution in [1.29, 1.82) is 0 Å². The molecular formula is C29H26Cl2HfNOSi. The van der Waals surface area contributed by atoms with Gasteiger partial charge in [0.25, 0.3) is 0 Å². The zero-order chi connectivity index (χ0) is 22.6. The second-order valence-electron chi connectivity index (χ2n) is 8.44. The van der Waals surface area contributed by atoms with Crippen LogP contribution in [0.1, 0.15) is 30.7 Å². The molecule has 0 aliphatic heterocycles. The van der Waals surface area contributed by atoms with Crippen LogP contribution in [-0.4, -0.2) is 11.9 Å². The van der Waals surface area contributed by atoms with E-state index < -0.39 is 26.9 Å². The number of hydrogen-bond donors (Lipinski definition) is 1. The van der Waals surface area contributed by atoms with E-state index in [2.05, 4.69) is 100 Å². The van der Waals surface area contributed by atoms with Gasteiger partial charge in [0.2, 0.25) is 0 Å². The third-order valence-electron chi connectivity index (χ3n) is 6.36. The van der Waals surface area contributed by atoms with E-state index in [4.69, 9.17) is 0 Å². The van der Waals surface area contributed by atoms with Gasteiger partial charge in [0, 0.05) is 0 Å². The summed E-state index contributed by atoms with van der Waals surface area (Å²) in [6.45, 7) is 2.02. The summed E-state index contributed by atoms with van der Waals surface area (Å²) in [5.74, 6) is -1.55. The molecule has 0 bridgehead atoms. The van der Waals surface area contributed by atoms with Gasteiger partial charge >= 0.3 is 205 Å². The molecule has 2 nitrogen and oxygen atoms in total. The predicted molar refractivity (Wildman–Crippen MR) is 136 cm³/mol. The van der Waals surface area contributed by atoms with Crippen LogP contribution >= 0.6 is 0 Å². The van der Waals surface area contributed by atoms with E-state index in [1.165, 1.54) is 21.5 Å². The van der Waals surface area contributed by atoms with E-state index in [9.17, 15) is 4.79 Å². The summed E-state index contributed by atoms with van der Waals surface area (Å²) in [5, 5.41) is 2.85. The predicted octanol–water partition coefficient (Wildman–Crippen LogP) is -1.43. The van der Waals surface area contributed by atoms with Crippen molar-refractivity contribution in [2.24, 2.45) is 0 Å². The Kier molecular flexibility index (Phi) is 9.87. The molecule has 1 aliphatic carbocycles. The summed E-state index contributed by atoms with van der Waals surface area (Å²) in [4.78, 5) is 13.7. The maximum absolute atomic E-state index is 13.7. The molecule has 4 aromatic carbocycles. The number of rotatable bonds is 6. The summed E-state index contributed by atoms with van der Waals surface area (Å²) in [6.07, 6.45) is 4.63. The molecular weight excluding hydrogens is 656 g/mol. The molecule has 35 heavy (non-hydrogen) atoms. The second-order valence-corrected chi connectivity index (χ2v) is 28.4. The topological polar surface area (TPSA) is 29.1 Å². The fourth-order valence-electron chi connectivity index (χ4n) is 4.72. The van der Waals surface area contributed by atoms with Crippen LogP contribution in [0.3, 0.4) is 0 Å². The Labute approximate surface area is 228 Å². The van der Waals surface area contributed by atoms with Gasteiger partial charge in [-0.3, -0.25) is 0 Å². The summed E-state index contributed by atoms with van der Waals surface area (Å²) in [7, 11) is 0. The normalized spacial score (nSPS) is 13.4. The molecule has 0 radical (unpaired) electrons. The van der Waals surface area contributed by atoms with E-state index in [1.54, 1.807) is 0 Å². The monoisotopic (exact) mass is 682 g/mol. The molecule has 0 fully saturated rings. The van der Waals surface area contributed by atoms with E-state index in [1.807, 2.05) is 31.2 Å². The van der Waals surface area contributed by atoms with Crippen LogP contribution in [0.4, 0.5) is 0 Å². The van der Waals surface area contributed by atoms with Gasteiger partial charge in [0.15, 0.2) is 0 Å². The van der Waals surface area contributed by atoms with Crippen molar-refractivity contribution < 1.29 is 50.5 Å². The molecule has 6 heteroatoms. The number of carbonyl (C=O) groups is 1. The number of nitrogens with one attached hydrogen (secondary N) is 1. The number of amides is 1. The Morgan fingerprint density at radius 1 is 0.743 bits per heavy atom. The fraction of sp³-hybridized carbons (Fsp3) is 0.0690. The van der Waals surface area contributed by atoms with Crippen molar-refractivity contribution in [2.75, 3.05) is 0 Å². The zero-order valence-corrected chi connectivity index (χ0v) is 25.6. The number of aryl methyl sites for hydroxylation is 1. The molecule has 0 aromatic heterocycles. The molecule has 1 N–H and O–H groups in total. The largest absolute Gasteiger partial charge is 1.00 e. The number of halogens is 2. The van der Waals surface area contributed by atoms with Crippen molar-refractivity contribution in [1.82, 2.24) is 3.30 Å². The van der Waals surface area contributed by atoms with Crippen LogP contribution in [-0.2, 0) is 20.9 Å². The molecule has 1 atom stereocenters. The van der Waals surface area contributed by atoms with E-state index in [0.717, 1.165) is 11.1 Å². The molecule has 1 aliphatic rings. The second kappa shape index (κ2) is 12.6. The molecule has 0 saturated carbocycles. The molecule has 0 heterocycles. The number of fused-ring (bicyclic) bond motifs is 1.